The molecule has 0 spiro atoms. The van der Waals surface area contributed by atoms with Gasteiger partial charge in [0.1, 0.15) is 0 Å². The summed E-state index contributed by atoms with van der Waals surface area (Å²) >= 11 is 0. The Morgan fingerprint density at radius 3 is 2.10 bits per heavy atom. The molecule has 0 fully saturated rings. The molecule has 1 aromatic carbocycles. The van der Waals surface area contributed by atoms with Crippen molar-refractivity contribution in [1.29, 1.82) is 0 Å². The van der Waals surface area contributed by atoms with Crippen LogP contribution in [0, 0.1) is 0 Å². The number of aliphatic hydroxyl groups is 1. The third-order valence-electron chi connectivity index (χ3n) is 3.63. The summed E-state index contributed by atoms with van der Waals surface area (Å²) in [5.74, 6) is 0. The van der Waals surface area contributed by atoms with Crippen LogP contribution >= 0.6 is 0 Å². The minimum absolute atomic E-state index is 0.148. The number of alkyl halides is 3. The third kappa shape index (κ3) is 5.51. The van der Waals surface area contributed by atoms with Crippen LogP contribution in [0.4, 0.5) is 13.2 Å². The Hall–Kier alpha value is -1.07. The van der Waals surface area contributed by atoms with Crippen molar-refractivity contribution < 1.29 is 18.3 Å². The van der Waals surface area contributed by atoms with Gasteiger partial charge in [-0.25, -0.2) is 0 Å². The average Bonchev–Trinajstić information content (AvgIpc) is 2.43. The minimum atomic E-state index is -4.25. The molecule has 0 aliphatic rings. The Labute approximate surface area is 118 Å². The number of nitrogens with one attached hydrogen (secondary N) is 1. The minimum Gasteiger partial charge on any atom is -0.389 e. The second kappa shape index (κ2) is 7.09. The lowest BCUT2D eigenvalue weighted by molar-refractivity contribution is -0.141. The van der Waals surface area contributed by atoms with Crippen LogP contribution in [0.15, 0.2) is 30.3 Å². The molecular weight excluding hydrogens is 267 g/mol. The second-order valence-electron chi connectivity index (χ2n) is 5.09. The third-order valence-corrected chi connectivity index (χ3v) is 3.63. The molecule has 1 atom stereocenters. The van der Waals surface area contributed by atoms with Crippen molar-refractivity contribution >= 4 is 0 Å². The quantitative estimate of drug-likeness (QED) is 0.799. The summed E-state index contributed by atoms with van der Waals surface area (Å²) in [7, 11) is 0. The van der Waals surface area contributed by atoms with Crippen molar-refractivity contribution in [2.45, 2.75) is 50.9 Å². The smallest absolute Gasteiger partial charge is 0.389 e. The molecule has 0 bridgehead atoms. The highest BCUT2D eigenvalue weighted by atomic mass is 19.4. The van der Waals surface area contributed by atoms with Gasteiger partial charge in [-0.15, -0.1) is 0 Å². The molecule has 0 aliphatic carbocycles. The van der Waals surface area contributed by atoms with Gasteiger partial charge in [0.15, 0.2) is 0 Å². The van der Waals surface area contributed by atoms with Gasteiger partial charge < -0.3 is 10.4 Å². The van der Waals surface area contributed by atoms with Gasteiger partial charge >= 0.3 is 6.18 Å². The van der Waals surface area contributed by atoms with Gasteiger partial charge in [0.2, 0.25) is 0 Å². The monoisotopic (exact) mass is 289 g/mol. The number of rotatable bonds is 7. The summed E-state index contributed by atoms with van der Waals surface area (Å²) in [5, 5.41) is 13.0. The summed E-state index contributed by atoms with van der Waals surface area (Å²) < 4.78 is 38.0. The van der Waals surface area contributed by atoms with Crippen molar-refractivity contribution in [3.8, 4) is 0 Å². The molecule has 0 saturated heterocycles. The van der Waals surface area contributed by atoms with Gasteiger partial charge in [0.05, 0.1) is 12.0 Å². The largest absolute Gasteiger partial charge is 0.390 e. The second-order valence-corrected chi connectivity index (χ2v) is 5.09. The van der Waals surface area contributed by atoms with Crippen LogP contribution in [0.3, 0.4) is 0 Å². The zero-order valence-corrected chi connectivity index (χ0v) is 11.9. The molecule has 0 aromatic heterocycles. The summed E-state index contributed by atoms with van der Waals surface area (Å²) in [6.45, 7) is 3.80. The van der Waals surface area contributed by atoms with Crippen molar-refractivity contribution in [2.24, 2.45) is 0 Å². The summed E-state index contributed by atoms with van der Waals surface area (Å²) in [5.41, 5.74) is -0.377. The number of benzene rings is 1. The molecule has 0 radical (unpaired) electrons. The summed E-state index contributed by atoms with van der Waals surface area (Å²) in [6, 6.07) is 7.70. The Kier molecular flexibility index (Phi) is 6.02. The highest BCUT2D eigenvalue weighted by molar-refractivity contribution is 5.19. The number of hydrogen-bond acceptors (Lipinski definition) is 2. The predicted octanol–water partition coefficient (Wildman–Crippen LogP) is 3.82. The van der Waals surface area contributed by atoms with Crippen LogP contribution in [0.1, 0.15) is 44.7 Å². The molecule has 20 heavy (non-hydrogen) atoms. The average molecular weight is 289 g/mol. The van der Waals surface area contributed by atoms with Gasteiger partial charge in [-0.05, 0) is 18.4 Å². The fourth-order valence-electron chi connectivity index (χ4n) is 2.04. The number of halogens is 3. The maximum Gasteiger partial charge on any atom is 0.390 e. The molecule has 5 heteroatoms. The molecule has 2 N–H and O–H groups in total. The van der Waals surface area contributed by atoms with E-state index in [1.54, 1.807) is 30.3 Å². The number of hydrogen-bond donors (Lipinski definition) is 2. The Morgan fingerprint density at radius 2 is 1.65 bits per heavy atom. The first kappa shape index (κ1) is 17.0. The normalized spacial score (nSPS) is 14.3. The van der Waals surface area contributed by atoms with Crippen LogP contribution in [-0.4, -0.2) is 23.4 Å². The fraction of sp³-hybridized carbons (Fsp3) is 0.600. The van der Waals surface area contributed by atoms with E-state index in [9.17, 15) is 18.3 Å². The molecule has 0 amide bonds. The lowest BCUT2D eigenvalue weighted by Crippen LogP contribution is -2.41. The zero-order chi connectivity index (χ0) is 15.2. The van der Waals surface area contributed by atoms with Gasteiger partial charge in [-0.2, -0.15) is 13.2 Å². The predicted molar refractivity (Wildman–Crippen MR) is 73.4 cm³/mol. The van der Waals surface area contributed by atoms with E-state index >= 15 is 0 Å². The van der Waals surface area contributed by atoms with E-state index in [1.165, 1.54) is 0 Å². The van der Waals surface area contributed by atoms with Gasteiger partial charge in [-0.1, -0.05) is 44.2 Å². The van der Waals surface area contributed by atoms with E-state index in [-0.39, 0.29) is 6.54 Å². The fourth-order valence-corrected chi connectivity index (χ4v) is 2.04. The van der Waals surface area contributed by atoms with Crippen LogP contribution in [0.25, 0.3) is 0 Å². The molecule has 0 saturated carbocycles. The van der Waals surface area contributed by atoms with Crippen molar-refractivity contribution in [2.75, 3.05) is 6.54 Å². The molecule has 1 rings (SSSR count). The van der Waals surface area contributed by atoms with E-state index in [1.807, 2.05) is 13.8 Å². The maximum atomic E-state index is 12.7. The van der Waals surface area contributed by atoms with E-state index in [0.717, 1.165) is 0 Å². The van der Waals surface area contributed by atoms with Crippen LogP contribution in [0.2, 0.25) is 0 Å². The van der Waals surface area contributed by atoms with E-state index in [4.69, 9.17) is 0 Å². The van der Waals surface area contributed by atoms with Crippen LogP contribution in [-0.2, 0) is 0 Å². The standard InChI is InChI=1S/C15H22F3NO/c1-3-14(20,4-2)11-19-13(10-15(16,17)18)12-8-6-5-7-9-12/h5-9,13,19-20H,3-4,10-11H2,1-2H3. The van der Waals surface area contributed by atoms with Crippen molar-refractivity contribution in [1.82, 2.24) is 5.32 Å². The zero-order valence-electron chi connectivity index (χ0n) is 11.9. The lowest BCUT2D eigenvalue weighted by Gasteiger charge is -2.29. The molecule has 114 valence electrons. The lowest BCUT2D eigenvalue weighted by atomic mass is 9.95. The summed E-state index contributed by atoms with van der Waals surface area (Å²) in [6.07, 6.45) is -4.18. The molecule has 0 aliphatic heterocycles. The topological polar surface area (TPSA) is 32.3 Å². The van der Waals surface area contributed by atoms with Gasteiger partial charge in [-0.3, -0.25) is 0 Å². The van der Waals surface area contributed by atoms with Crippen molar-refractivity contribution in [3.63, 3.8) is 0 Å². The van der Waals surface area contributed by atoms with E-state index in [0.29, 0.717) is 18.4 Å². The van der Waals surface area contributed by atoms with Gasteiger partial charge in [0, 0.05) is 12.6 Å². The molecule has 0 heterocycles. The summed E-state index contributed by atoms with van der Waals surface area (Å²) in [4.78, 5) is 0. The highest BCUT2D eigenvalue weighted by Crippen LogP contribution is 2.30. The molecule has 2 nitrogen and oxygen atoms in total. The molecule has 1 aromatic rings. The van der Waals surface area contributed by atoms with E-state index in [2.05, 4.69) is 5.32 Å². The first-order valence-corrected chi connectivity index (χ1v) is 6.87. The van der Waals surface area contributed by atoms with Gasteiger partial charge in [0.25, 0.3) is 0 Å². The van der Waals surface area contributed by atoms with Crippen LogP contribution < -0.4 is 5.32 Å². The van der Waals surface area contributed by atoms with Crippen LogP contribution in [0.5, 0.6) is 0 Å². The molecular formula is C15H22F3NO. The Bertz CT molecular complexity index is 388. The first-order chi connectivity index (χ1) is 9.29. The molecule has 1 unspecified atom stereocenters. The highest BCUT2D eigenvalue weighted by Gasteiger charge is 2.33. The Balaban J connectivity index is 2.79. The Morgan fingerprint density at radius 1 is 1.10 bits per heavy atom. The van der Waals surface area contributed by atoms with E-state index < -0.39 is 24.2 Å². The SMILES string of the molecule is CCC(O)(CC)CNC(CC(F)(F)F)c1ccccc1. The maximum absolute atomic E-state index is 12.7. The first-order valence-electron chi connectivity index (χ1n) is 6.87. The van der Waals surface area contributed by atoms with Crippen molar-refractivity contribution in [3.05, 3.63) is 35.9 Å².